The number of hydrogen-bond donors (Lipinski definition) is 0. The average molecular weight is 379 g/mol. The Bertz CT molecular complexity index is 331. The van der Waals surface area contributed by atoms with Gasteiger partial charge < -0.3 is 0 Å². The maximum absolute atomic E-state index is 5.46. The van der Waals surface area contributed by atoms with E-state index in [1.807, 2.05) is 0 Å². The van der Waals surface area contributed by atoms with E-state index in [2.05, 4.69) is 25.7 Å². The van der Waals surface area contributed by atoms with E-state index in [-0.39, 0.29) is 21.1 Å². The fourth-order valence-corrected chi connectivity index (χ4v) is 1.74. The van der Waals surface area contributed by atoms with Crippen molar-refractivity contribution >= 4 is 0 Å². The van der Waals surface area contributed by atoms with Crippen LogP contribution in [0.5, 0.6) is 0 Å². The Labute approximate surface area is 107 Å². The minimum atomic E-state index is 0. The topological polar surface area (TPSA) is 0 Å². The zero-order chi connectivity index (χ0) is 10.6. The monoisotopic (exact) mass is 379 g/mol. The van der Waals surface area contributed by atoms with Crippen LogP contribution in [0.4, 0.5) is 0 Å². The average Bonchev–Trinajstić information content (AvgIpc) is 2.17. The third-order valence-corrected chi connectivity index (χ3v) is 2.88. The number of rotatable bonds is 0. The molecule has 0 saturated carbocycles. The second-order valence-electron chi connectivity index (χ2n) is 3.81. The molecule has 0 unspecified atom stereocenters. The van der Waals surface area contributed by atoms with Gasteiger partial charge in [0, 0.05) is 32.2 Å². The summed E-state index contributed by atoms with van der Waals surface area (Å²) in [5, 5.41) is 0. The summed E-state index contributed by atoms with van der Waals surface area (Å²) in [6.07, 6.45) is 14.9. The van der Waals surface area contributed by atoms with Crippen LogP contribution >= 0.6 is 0 Å². The molecule has 0 aromatic heterocycles. The van der Waals surface area contributed by atoms with Gasteiger partial charge in [-0.2, -0.15) is 0 Å². The van der Waals surface area contributed by atoms with Crippen LogP contribution in [0.25, 0.3) is 0 Å². The van der Waals surface area contributed by atoms with Crippen molar-refractivity contribution in [3.8, 4) is 24.7 Å². The predicted octanol–water partition coefficient (Wildman–Crippen LogP) is 3.46. The van der Waals surface area contributed by atoms with Gasteiger partial charge in [-0.15, -0.1) is 12.8 Å². The Kier molecular flexibility index (Phi) is 6.39. The van der Waals surface area contributed by atoms with Gasteiger partial charge in [0.2, 0.25) is 0 Å². The SMILES string of the molecule is C#CC1=C(C)CCC(C#C)=C(C)CC1.[Pt]. The van der Waals surface area contributed by atoms with Crippen LogP contribution in [0, 0.1) is 24.7 Å². The Morgan fingerprint density at radius 1 is 0.800 bits per heavy atom. The maximum atomic E-state index is 5.46. The molecule has 1 heteroatoms. The van der Waals surface area contributed by atoms with Crippen LogP contribution in [0.3, 0.4) is 0 Å². The molecule has 0 aromatic rings. The smallest absolute Gasteiger partial charge is 0.00101 e. The first-order valence-electron chi connectivity index (χ1n) is 4.99. The largest absolute Gasteiger partial charge is 0.115 e. The van der Waals surface area contributed by atoms with E-state index in [9.17, 15) is 0 Å². The van der Waals surface area contributed by atoms with E-state index in [0.717, 1.165) is 25.7 Å². The van der Waals surface area contributed by atoms with Crippen molar-refractivity contribution in [3.63, 3.8) is 0 Å². The molecule has 0 saturated heterocycles. The molecule has 1 rings (SSSR count). The Balaban J connectivity index is 0.00000196. The molecule has 0 heterocycles. The molecule has 0 aromatic carbocycles. The molecule has 0 radical (unpaired) electrons. The molecule has 0 fully saturated rings. The molecule has 0 nitrogen and oxygen atoms in total. The van der Waals surface area contributed by atoms with Crippen LogP contribution in [-0.2, 0) is 21.1 Å². The van der Waals surface area contributed by atoms with Crippen LogP contribution in [0.15, 0.2) is 22.3 Å². The van der Waals surface area contributed by atoms with Gasteiger partial charge in [-0.25, -0.2) is 0 Å². The molecule has 1 aliphatic carbocycles. The summed E-state index contributed by atoms with van der Waals surface area (Å²) in [7, 11) is 0. The van der Waals surface area contributed by atoms with E-state index < -0.39 is 0 Å². The predicted molar refractivity (Wildman–Crippen MR) is 61.5 cm³/mol. The van der Waals surface area contributed by atoms with E-state index in [4.69, 9.17) is 12.8 Å². The Morgan fingerprint density at radius 2 is 1.13 bits per heavy atom. The zero-order valence-corrected chi connectivity index (χ0v) is 11.6. The van der Waals surface area contributed by atoms with Crippen molar-refractivity contribution in [1.82, 2.24) is 0 Å². The van der Waals surface area contributed by atoms with Gasteiger partial charge in [0.05, 0.1) is 0 Å². The standard InChI is InChI=1S/C14H16.Pt/c1-5-13-9-7-12(4)14(6-2)10-8-11(13)3;/h1-2H,7-10H2,3-4H3;. The van der Waals surface area contributed by atoms with Gasteiger partial charge in [0.25, 0.3) is 0 Å². The maximum Gasteiger partial charge on any atom is 0.00101 e. The second-order valence-corrected chi connectivity index (χ2v) is 3.81. The van der Waals surface area contributed by atoms with Crippen LogP contribution < -0.4 is 0 Å². The summed E-state index contributed by atoms with van der Waals surface area (Å²) in [4.78, 5) is 0. The first-order chi connectivity index (χ1) is 6.69. The molecule has 0 spiro atoms. The summed E-state index contributed by atoms with van der Waals surface area (Å²) in [5.41, 5.74) is 4.99. The van der Waals surface area contributed by atoms with E-state index in [1.165, 1.54) is 22.3 Å². The van der Waals surface area contributed by atoms with Gasteiger partial charge in [-0.1, -0.05) is 23.0 Å². The Morgan fingerprint density at radius 3 is 1.40 bits per heavy atom. The van der Waals surface area contributed by atoms with Gasteiger partial charge >= 0.3 is 0 Å². The first-order valence-corrected chi connectivity index (χ1v) is 4.99. The third kappa shape index (κ3) is 3.74. The third-order valence-electron chi connectivity index (χ3n) is 2.88. The summed E-state index contributed by atoms with van der Waals surface area (Å²) in [6, 6.07) is 0. The molecule has 1 aliphatic rings. The van der Waals surface area contributed by atoms with E-state index >= 15 is 0 Å². The molecular formula is C14H16Pt. The number of allylic oxidation sites excluding steroid dienone is 4. The van der Waals surface area contributed by atoms with Gasteiger partial charge in [0.1, 0.15) is 0 Å². The minimum absolute atomic E-state index is 0. The quantitative estimate of drug-likeness (QED) is 0.566. The fraction of sp³-hybridized carbons (Fsp3) is 0.429. The second kappa shape index (κ2) is 6.71. The first kappa shape index (κ1) is 14.3. The van der Waals surface area contributed by atoms with Crippen LogP contribution in [0.1, 0.15) is 39.5 Å². The summed E-state index contributed by atoms with van der Waals surface area (Å²) in [6.45, 7) is 4.23. The molecule has 0 N–H and O–H groups in total. The van der Waals surface area contributed by atoms with Crippen molar-refractivity contribution in [2.75, 3.05) is 0 Å². The van der Waals surface area contributed by atoms with Crippen molar-refractivity contribution in [3.05, 3.63) is 22.3 Å². The minimum Gasteiger partial charge on any atom is -0.115 e. The van der Waals surface area contributed by atoms with Crippen molar-refractivity contribution in [1.29, 1.82) is 0 Å². The summed E-state index contributed by atoms with van der Waals surface area (Å²) < 4.78 is 0. The van der Waals surface area contributed by atoms with Crippen molar-refractivity contribution in [2.45, 2.75) is 39.5 Å². The van der Waals surface area contributed by atoms with Gasteiger partial charge in [-0.05, 0) is 39.5 Å². The summed E-state index contributed by atoms with van der Waals surface area (Å²) in [5.74, 6) is 5.56. The summed E-state index contributed by atoms with van der Waals surface area (Å²) >= 11 is 0. The van der Waals surface area contributed by atoms with E-state index in [1.54, 1.807) is 0 Å². The fourth-order valence-electron chi connectivity index (χ4n) is 1.74. The van der Waals surface area contributed by atoms with Gasteiger partial charge in [0.15, 0.2) is 0 Å². The van der Waals surface area contributed by atoms with E-state index in [0.29, 0.717) is 0 Å². The van der Waals surface area contributed by atoms with Crippen LogP contribution in [0.2, 0.25) is 0 Å². The number of hydrogen-bond acceptors (Lipinski definition) is 0. The Hall–Kier alpha value is -0.712. The van der Waals surface area contributed by atoms with Gasteiger partial charge in [-0.3, -0.25) is 0 Å². The molecule has 82 valence electrons. The molecule has 0 amide bonds. The zero-order valence-electron chi connectivity index (χ0n) is 9.30. The van der Waals surface area contributed by atoms with Crippen LogP contribution in [-0.4, -0.2) is 0 Å². The molecule has 0 aliphatic heterocycles. The molecule has 0 atom stereocenters. The van der Waals surface area contributed by atoms with Crippen molar-refractivity contribution < 1.29 is 21.1 Å². The molecular weight excluding hydrogens is 363 g/mol. The normalized spacial score (nSPS) is 17.1. The molecule has 0 bridgehead atoms. The molecule has 15 heavy (non-hydrogen) atoms. The van der Waals surface area contributed by atoms with Crippen molar-refractivity contribution in [2.24, 2.45) is 0 Å². The number of terminal acetylenes is 2.